The van der Waals surface area contributed by atoms with Gasteiger partial charge in [0.05, 0.1) is 34.5 Å². The number of carbonyl (C=O) groups is 1. The number of aryl methyl sites for hydroxylation is 1. The molecule has 4 aromatic rings. The molecule has 4 rings (SSSR count). The third kappa shape index (κ3) is 6.20. The van der Waals surface area contributed by atoms with E-state index < -0.39 is 27.8 Å². The standard InChI is InChI=1S/C27H27ClFN7O4S/c1-13-8-16(14(2)32-21-6-7-22(28)33-24(21)26(37)35-41(5,39)40)23-17(9-13)27(38)36(4)25(34-23)15-10-19(29)18(12-31-3)20(30)11-15/h6-12,14,32H,30H2,1-5H3,(H,35,37)/t14-/m1/s1. The number of hydrogen-bond acceptors (Lipinski definition) is 9. The molecule has 0 aliphatic carbocycles. The third-order valence-electron chi connectivity index (χ3n) is 6.23. The summed E-state index contributed by atoms with van der Waals surface area (Å²) in [5.41, 5.74) is 7.94. The number of pyridine rings is 1. The molecule has 0 radical (unpaired) electrons. The second-order valence-corrected chi connectivity index (χ2v) is 11.6. The predicted molar refractivity (Wildman–Crippen MR) is 159 cm³/mol. The number of hydrogen-bond donors (Lipinski definition) is 3. The maximum absolute atomic E-state index is 14.9. The highest BCUT2D eigenvalue weighted by molar-refractivity contribution is 7.89. The average Bonchev–Trinajstić information content (AvgIpc) is 2.88. The highest BCUT2D eigenvalue weighted by Crippen LogP contribution is 2.30. The van der Waals surface area contributed by atoms with Crippen molar-refractivity contribution in [1.82, 2.24) is 19.3 Å². The zero-order chi connectivity index (χ0) is 30.2. The van der Waals surface area contributed by atoms with Gasteiger partial charge < -0.3 is 11.1 Å². The van der Waals surface area contributed by atoms with Crippen molar-refractivity contribution in [1.29, 1.82) is 0 Å². The van der Waals surface area contributed by atoms with Gasteiger partial charge in [0.15, 0.2) is 5.69 Å². The van der Waals surface area contributed by atoms with E-state index in [1.54, 1.807) is 13.0 Å². The van der Waals surface area contributed by atoms with E-state index in [1.165, 1.54) is 49.1 Å². The Balaban J connectivity index is 1.87. The zero-order valence-electron chi connectivity index (χ0n) is 22.8. The number of nitrogens with zero attached hydrogens (tertiary/aromatic N) is 4. The quantitative estimate of drug-likeness (QED) is 0.165. The largest absolute Gasteiger partial charge is 0.398 e. The van der Waals surface area contributed by atoms with E-state index in [2.05, 4.69) is 15.3 Å². The molecule has 0 spiro atoms. The van der Waals surface area contributed by atoms with Crippen molar-refractivity contribution in [2.45, 2.75) is 19.9 Å². The van der Waals surface area contributed by atoms with Crippen LogP contribution in [0.3, 0.4) is 0 Å². The van der Waals surface area contributed by atoms with Crippen molar-refractivity contribution in [2.75, 3.05) is 24.4 Å². The number of sulfonamides is 1. The minimum Gasteiger partial charge on any atom is -0.398 e. The van der Waals surface area contributed by atoms with Crippen LogP contribution in [0.15, 0.2) is 46.2 Å². The smallest absolute Gasteiger partial charge is 0.285 e. The number of nitrogens with one attached hydrogen (secondary N) is 2. The number of rotatable bonds is 7. The number of carbonyl (C=O) groups excluding carboxylic acids is 1. The molecule has 14 heteroatoms. The van der Waals surface area contributed by atoms with E-state index in [0.717, 1.165) is 11.8 Å². The van der Waals surface area contributed by atoms with Crippen LogP contribution in [-0.2, 0) is 17.1 Å². The number of aromatic nitrogens is 3. The first-order chi connectivity index (χ1) is 19.2. The topological polar surface area (TPSA) is 161 Å². The summed E-state index contributed by atoms with van der Waals surface area (Å²) in [7, 11) is -0.830. The van der Waals surface area contributed by atoms with Crippen LogP contribution in [0, 0.1) is 12.7 Å². The monoisotopic (exact) mass is 599 g/mol. The van der Waals surface area contributed by atoms with E-state index >= 15 is 0 Å². The lowest BCUT2D eigenvalue weighted by Crippen LogP contribution is -2.31. The number of amides is 1. The van der Waals surface area contributed by atoms with Crippen LogP contribution in [0.2, 0.25) is 5.15 Å². The molecule has 2 aromatic carbocycles. The van der Waals surface area contributed by atoms with Gasteiger partial charge in [0.2, 0.25) is 10.0 Å². The van der Waals surface area contributed by atoms with Gasteiger partial charge in [-0.05, 0) is 49.7 Å². The van der Waals surface area contributed by atoms with E-state index in [9.17, 15) is 22.4 Å². The maximum atomic E-state index is 14.9. The van der Waals surface area contributed by atoms with Crippen LogP contribution in [0.5, 0.6) is 0 Å². The SMILES string of the molecule is CN=Cc1c(N)cc(-c2nc3c([C@@H](C)Nc4ccc(Cl)nc4C(=O)NS(C)(=O)=O)cc(C)cc3c(=O)n2C)cc1F. The number of nitrogen functional groups attached to an aromatic ring is 1. The number of aliphatic imine (C=N–C) groups is 1. The number of benzene rings is 2. The fourth-order valence-electron chi connectivity index (χ4n) is 4.43. The van der Waals surface area contributed by atoms with Crippen LogP contribution in [0.4, 0.5) is 15.8 Å². The molecule has 11 nitrogen and oxygen atoms in total. The fraction of sp³-hybridized carbons (Fsp3) is 0.222. The van der Waals surface area contributed by atoms with Gasteiger partial charge in [0.25, 0.3) is 11.5 Å². The number of nitrogens with two attached hydrogens (primary N) is 1. The van der Waals surface area contributed by atoms with Crippen molar-refractivity contribution in [3.8, 4) is 11.4 Å². The molecular weight excluding hydrogens is 573 g/mol. The Kier molecular flexibility index (Phi) is 8.13. The molecule has 0 saturated carbocycles. The average molecular weight is 600 g/mol. The Morgan fingerprint density at radius 3 is 2.56 bits per heavy atom. The van der Waals surface area contributed by atoms with Crippen molar-refractivity contribution in [2.24, 2.45) is 12.0 Å². The number of halogens is 2. The Hall–Kier alpha value is -4.36. The van der Waals surface area contributed by atoms with Crippen molar-refractivity contribution in [3.05, 3.63) is 80.1 Å². The maximum Gasteiger partial charge on any atom is 0.285 e. The molecular formula is C27H27ClFN7O4S. The highest BCUT2D eigenvalue weighted by Gasteiger charge is 2.22. The van der Waals surface area contributed by atoms with Gasteiger partial charge in [-0.25, -0.2) is 27.5 Å². The van der Waals surface area contributed by atoms with Gasteiger partial charge in [-0.3, -0.25) is 19.1 Å². The molecule has 2 aromatic heterocycles. The zero-order valence-corrected chi connectivity index (χ0v) is 24.4. The molecule has 0 aliphatic rings. The lowest BCUT2D eigenvalue weighted by atomic mass is 10.00. The summed E-state index contributed by atoms with van der Waals surface area (Å²) >= 11 is 5.98. The number of anilines is 2. The molecule has 2 heterocycles. The van der Waals surface area contributed by atoms with Crippen molar-refractivity contribution >= 4 is 56.0 Å². The summed E-state index contributed by atoms with van der Waals surface area (Å²) < 4.78 is 41.4. The number of fused-ring (bicyclic) bond motifs is 1. The molecule has 1 atom stereocenters. The lowest BCUT2D eigenvalue weighted by Gasteiger charge is -2.20. The third-order valence-corrected chi connectivity index (χ3v) is 6.99. The Morgan fingerprint density at radius 1 is 1.22 bits per heavy atom. The molecule has 0 aliphatic heterocycles. The minimum atomic E-state index is -3.87. The van der Waals surface area contributed by atoms with Gasteiger partial charge in [-0.1, -0.05) is 17.7 Å². The predicted octanol–water partition coefficient (Wildman–Crippen LogP) is 3.59. The molecule has 214 valence electrons. The van der Waals surface area contributed by atoms with Crippen molar-refractivity contribution < 1.29 is 17.6 Å². The van der Waals surface area contributed by atoms with Gasteiger partial charge >= 0.3 is 0 Å². The fourth-order valence-corrected chi connectivity index (χ4v) is 5.01. The van der Waals surface area contributed by atoms with Crippen LogP contribution < -0.4 is 21.3 Å². The Labute approximate surface area is 240 Å². The lowest BCUT2D eigenvalue weighted by molar-refractivity contribution is 0.0977. The van der Waals surface area contributed by atoms with Gasteiger partial charge in [0.1, 0.15) is 16.8 Å². The van der Waals surface area contributed by atoms with E-state index in [0.29, 0.717) is 22.0 Å². The van der Waals surface area contributed by atoms with Crippen LogP contribution in [0.25, 0.3) is 22.3 Å². The molecule has 0 bridgehead atoms. The first kappa shape index (κ1) is 29.6. The summed E-state index contributed by atoms with van der Waals surface area (Å²) in [5.74, 6) is -1.40. The van der Waals surface area contributed by atoms with E-state index in [1.807, 2.05) is 17.7 Å². The van der Waals surface area contributed by atoms with Gasteiger partial charge in [0, 0.05) is 37.1 Å². The Bertz CT molecular complexity index is 1890. The minimum absolute atomic E-state index is 0.0135. The summed E-state index contributed by atoms with van der Waals surface area (Å²) in [6.07, 6.45) is 2.16. The normalized spacial score (nSPS) is 12.6. The molecule has 0 saturated heterocycles. The molecule has 41 heavy (non-hydrogen) atoms. The second-order valence-electron chi connectivity index (χ2n) is 9.50. The second kappa shape index (κ2) is 11.3. The van der Waals surface area contributed by atoms with Crippen molar-refractivity contribution in [3.63, 3.8) is 0 Å². The molecule has 4 N–H and O–H groups in total. The summed E-state index contributed by atoms with van der Waals surface area (Å²) in [4.78, 5) is 38.7. The summed E-state index contributed by atoms with van der Waals surface area (Å²) in [5, 5.41) is 3.47. The molecule has 0 fully saturated rings. The van der Waals surface area contributed by atoms with E-state index in [4.69, 9.17) is 22.3 Å². The van der Waals surface area contributed by atoms with Crippen LogP contribution in [0.1, 0.15) is 40.1 Å². The van der Waals surface area contributed by atoms with Crippen LogP contribution in [-0.4, -0.2) is 48.4 Å². The summed E-state index contributed by atoms with van der Waals surface area (Å²) in [6.45, 7) is 3.60. The molecule has 0 unspecified atom stereocenters. The van der Waals surface area contributed by atoms with Crippen LogP contribution >= 0.6 is 11.6 Å². The Morgan fingerprint density at radius 2 is 1.93 bits per heavy atom. The summed E-state index contributed by atoms with van der Waals surface area (Å²) in [6, 6.07) is 8.66. The molecule has 1 amide bonds. The van der Waals surface area contributed by atoms with E-state index in [-0.39, 0.29) is 39.2 Å². The van der Waals surface area contributed by atoms with Gasteiger partial charge in [-0.2, -0.15) is 0 Å². The first-order valence-corrected chi connectivity index (χ1v) is 14.4. The highest BCUT2D eigenvalue weighted by atomic mass is 35.5. The first-order valence-electron chi connectivity index (χ1n) is 12.2. The van der Waals surface area contributed by atoms with Gasteiger partial charge in [-0.15, -0.1) is 0 Å².